The van der Waals surface area contributed by atoms with E-state index in [1.165, 1.54) is 0 Å². The van der Waals surface area contributed by atoms with Gasteiger partial charge in [0.25, 0.3) is 0 Å². The molecule has 0 fully saturated rings. The van der Waals surface area contributed by atoms with Crippen molar-refractivity contribution < 1.29 is 9.53 Å². The molecule has 0 aliphatic rings. The van der Waals surface area contributed by atoms with Gasteiger partial charge in [-0.25, -0.2) is 0 Å². The predicted octanol–water partition coefficient (Wildman–Crippen LogP) is 3.79. The van der Waals surface area contributed by atoms with Crippen LogP contribution in [0.3, 0.4) is 0 Å². The van der Waals surface area contributed by atoms with Crippen molar-refractivity contribution in [1.82, 2.24) is 0 Å². The van der Waals surface area contributed by atoms with Crippen molar-refractivity contribution in [1.29, 1.82) is 0 Å². The van der Waals surface area contributed by atoms with Crippen molar-refractivity contribution in [2.75, 3.05) is 7.11 Å². The molecule has 0 saturated carbocycles. The smallest absolute Gasteiger partial charge is 0.150 e. The topological polar surface area (TPSA) is 26.3 Å². The number of hydrogen-bond acceptors (Lipinski definition) is 2. The molecule has 0 heterocycles. The van der Waals surface area contributed by atoms with Gasteiger partial charge in [-0.2, -0.15) is 0 Å². The van der Waals surface area contributed by atoms with E-state index < -0.39 is 0 Å². The van der Waals surface area contributed by atoms with Gasteiger partial charge < -0.3 is 4.74 Å². The molecular weight excluding hydrogens is 224 g/mol. The van der Waals surface area contributed by atoms with E-state index in [1.54, 1.807) is 7.11 Å². The quantitative estimate of drug-likeness (QED) is 0.763. The number of ether oxygens (including phenoxy) is 1. The van der Waals surface area contributed by atoms with E-state index >= 15 is 0 Å². The molecule has 2 aromatic rings. The Labute approximate surface area is 107 Å². The summed E-state index contributed by atoms with van der Waals surface area (Å²) in [6, 6.07) is 11.6. The predicted molar refractivity (Wildman–Crippen MR) is 73.3 cm³/mol. The van der Waals surface area contributed by atoms with Crippen LogP contribution >= 0.6 is 0 Å². The molecule has 2 rings (SSSR count). The van der Waals surface area contributed by atoms with E-state index in [9.17, 15) is 4.79 Å². The first-order valence-electron chi connectivity index (χ1n) is 5.87. The van der Waals surface area contributed by atoms with Gasteiger partial charge in [0.2, 0.25) is 0 Å². The van der Waals surface area contributed by atoms with Crippen LogP contribution in [0.2, 0.25) is 0 Å². The molecule has 0 spiro atoms. The number of methoxy groups -OCH3 is 1. The molecule has 0 bridgehead atoms. The molecule has 0 aromatic heterocycles. The standard InChI is InChI=1S/C16H16O2/c1-11-6-4-7-12(2)15(11)16-13(10-17)8-5-9-14(16)18-3/h4-10H,1-3H3. The van der Waals surface area contributed by atoms with Crippen LogP contribution in [0.15, 0.2) is 36.4 Å². The zero-order valence-corrected chi connectivity index (χ0v) is 10.9. The Kier molecular flexibility index (Phi) is 3.47. The van der Waals surface area contributed by atoms with Gasteiger partial charge in [0.05, 0.1) is 7.11 Å². The van der Waals surface area contributed by atoms with Crippen LogP contribution in [-0.2, 0) is 0 Å². The minimum atomic E-state index is 0.659. The van der Waals surface area contributed by atoms with Gasteiger partial charge in [0.1, 0.15) is 5.75 Å². The first-order valence-corrected chi connectivity index (χ1v) is 5.87. The minimum Gasteiger partial charge on any atom is -0.496 e. The van der Waals surface area contributed by atoms with Crippen LogP contribution in [0.4, 0.5) is 0 Å². The second-order valence-corrected chi connectivity index (χ2v) is 4.31. The third-order valence-corrected chi connectivity index (χ3v) is 3.14. The van der Waals surface area contributed by atoms with Gasteiger partial charge in [0, 0.05) is 11.1 Å². The number of aldehydes is 1. The third kappa shape index (κ3) is 2.02. The molecule has 2 aromatic carbocycles. The molecule has 0 unspecified atom stereocenters. The number of carbonyl (C=O) groups excluding carboxylic acids is 1. The maximum Gasteiger partial charge on any atom is 0.150 e. The highest BCUT2D eigenvalue weighted by atomic mass is 16.5. The first kappa shape index (κ1) is 12.4. The molecule has 2 nitrogen and oxygen atoms in total. The molecule has 0 atom stereocenters. The van der Waals surface area contributed by atoms with Crippen LogP contribution in [0, 0.1) is 13.8 Å². The van der Waals surface area contributed by atoms with Crippen molar-refractivity contribution >= 4 is 6.29 Å². The first-order chi connectivity index (χ1) is 8.69. The normalized spacial score (nSPS) is 10.2. The molecule has 0 aliphatic carbocycles. The van der Waals surface area contributed by atoms with Gasteiger partial charge in [0.15, 0.2) is 6.29 Å². The number of aryl methyl sites for hydroxylation is 2. The fourth-order valence-electron chi connectivity index (χ4n) is 2.29. The van der Waals surface area contributed by atoms with Gasteiger partial charge in [-0.1, -0.05) is 30.3 Å². The third-order valence-electron chi connectivity index (χ3n) is 3.14. The molecule has 0 aliphatic heterocycles. The van der Waals surface area contributed by atoms with Gasteiger partial charge in [-0.15, -0.1) is 0 Å². The lowest BCUT2D eigenvalue weighted by molar-refractivity contribution is 0.112. The van der Waals surface area contributed by atoms with Crippen LogP contribution in [0.5, 0.6) is 5.75 Å². The second kappa shape index (κ2) is 5.05. The lowest BCUT2D eigenvalue weighted by Crippen LogP contribution is -1.97. The lowest BCUT2D eigenvalue weighted by Gasteiger charge is -2.15. The summed E-state index contributed by atoms with van der Waals surface area (Å²) in [6.07, 6.45) is 0.879. The fourth-order valence-corrected chi connectivity index (χ4v) is 2.29. The zero-order chi connectivity index (χ0) is 13.1. The average Bonchev–Trinajstić information content (AvgIpc) is 2.38. The second-order valence-electron chi connectivity index (χ2n) is 4.31. The van der Waals surface area contributed by atoms with Crippen molar-refractivity contribution in [3.05, 3.63) is 53.1 Å². The number of hydrogen-bond donors (Lipinski definition) is 0. The van der Waals surface area contributed by atoms with Crippen LogP contribution in [-0.4, -0.2) is 13.4 Å². The highest BCUT2D eigenvalue weighted by molar-refractivity contribution is 5.92. The highest BCUT2D eigenvalue weighted by Crippen LogP contribution is 2.36. The summed E-state index contributed by atoms with van der Waals surface area (Å²) >= 11 is 0. The van der Waals surface area contributed by atoms with E-state index in [1.807, 2.05) is 50.2 Å². The van der Waals surface area contributed by atoms with E-state index in [2.05, 4.69) is 0 Å². The Balaban J connectivity index is 2.81. The maximum absolute atomic E-state index is 11.2. The summed E-state index contributed by atoms with van der Waals surface area (Å²) in [6.45, 7) is 4.09. The number of carbonyl (C=O) groups is 1. The van der Waals surface area contributed by atoms with E-state index in [0.717, 1.165) is 34.3 Å². The Morgan fingerprint density at radius 1 is 0.944 bits per heavy atom. The van der Waals surface area contributed by atoms with E-state index in [-0.39, 0.29) is 0 Å². The minimum absolute atomic E-state index is 0.659. The molecule has 0 amide bonds. The molecule has 2 heteroatoms. The lowest BCUT2D eigenvalue weighted by atomic mass is 9.92. The largest absolute Gasteiger partial charge is 0.496 e. The van der Waals surface area contributed by atoms with Crippen molar-refractivity contribution in [3.63, 3.8) is 0 Å². The van der Waals surface area contributed by atoms with Crippen molar-refractivity contribution in [2.24, 2.45) is 0 Å². The number of rotatable bonds is 3. The summed E-state index contributed by atoms with van der Waals surface area (Å²) in [5.74, 6) is 0.733. The average molecular weight is 240 g/mol. The number of benzene rings is 2. The molecular formula is C16H16O2. The highest BCUT2D eigenvalue weighted by Gasteiger charge is 2.14. The Bertz CT molecular complexity index is 565. The maximum atomic E-state index is 11.2. The van der Waals surface area contributed by atoms with Crippen LogP contribution in [0.1, 0.15) is 21.5 Å². The fraction of sp³-hybridized carbons (Fsp3) is 0.188. The van der Waals surface area contributed by atoms with Gasteiger partial charge in [-0.05, 0) is 36.6 Å². The van der Waals surface area contributed by atoms with Crippen molar-refractivity contribution in [3.8, 4) is 16.9 Å². The van der Waals surface area contributed by atoms with Crippen LogP contribution < -0.4 is 4.74 Å². The summed E-state index contributed by atoms with van der Waals surface area (Å²) in [7, 11) is 1.63. The summed E-state index contributed by atoms with van der Waals surface area (Å²) in [5, 5.41) is 0. The van der Waals surface area contributed by atoms with E-state index in [4.69, 9.17) is 4.74 Å². The van der Waals surface area contributed by atoms with Gasteiger partial charge >= 0.3 is 0 Å². The molecule has 0 saturated heterocycles. The monoisotopic (exact) mass is 240 g/mol. The van der Waals surface area contributed by atoms with Crippen molar-refractivity contribution in [2.45, 2.75) is 13.8 Å². The molecule has 92 valence electrons. The summed E-state index contributed by atoms with van der Waals surface area (Å²) in [5.41, 5.74) is 4.90. The Morgan fingerprint density at radius 2 is 1.56 bits per heavy atom. The molecule has 0 N–H and O–H groups in total. The molecule has 18 heavy (non-hydrogen) atoms. The van der Waals surface area contributed by atoms with Crippen LogP contribution in [0.25, 0.3) is 11.1 Å². The Morgan fingerprint density at radius 3 is 2.11 bits per heavy atom. The zero-order valence-electron chi connectivity index (χ0n) is 10.9. The van der Waals surface area contributed by atoms with Gasteiger partial charge in [-0.3, -0.25) is 4.79 Å². The summed E-state index contributed by atoms with van der Waals surface area (Å²) in [4.78, 5) is 11.2. The summed E-state index contributed by atoms with van der Waals surface area (Å²) < 4.78 is 5.39. The van der Waals surface area contributed by atoms with E-state index in [0.29, 0.717) is 5.56 Å². The SMILES string of the molecule is COc1cccc(C=O)c1-c1c(C)cccc1C. The molecule has 0 radical (unpaired) electrons. The Hall–Kier alpha value is -2.09.